The summed E-state index contributed by atoms with van der Waals surface area (Å²) >= 11 is 5.58. The Kier molecular flexibility index (Phi) is 4.97. The van der Waals surface area contributed by atoms with Crippen molar-refractivity contribution in [2.45, 2.75) is 19.6 Å². The lowest BCUT2D eigenvalue weighted by atomic mass is 10.1. The molecular formula is C19H14ClF3N2O2. The summed E-state index contributed by atoms with van der Waals surface area (Å²) in [5.74, 6) is -0.789. The summed E-state index contributed by atoms with van der Waals surface area (Å²) in [5.41, 5.74) is -1.14. The van der Waals surface area contributed by atoms with Crippen molar-refractivity contribution < 1.29 is 18.0 Å². The number of pyridine rings is 1. The predicted molar refractivity (Wildman–Crippen MR) is 98.3 cm³/mol. The number of carbonyl (C=O) groups is 1. The Balaban J connectivity index is 2.03. The second kappa shape index (κ2) is 7.08. The lowest BCUT2D eigenvalue weighted by molar-refractivity contribution is -0.137. The number of benzene rings is 2. The van der Waals surface area contributed by atoms with Gasteiger partial charge in [0.2, 0.25) is 5.43 Å². The van der Waals surface area contributed by atoms with Crippen LogP contribution in [-0.2, 0) is 12.7 Å². The van der Waals surface area contributed by atoms with Gasteiger partial charge in [0.05, 0.1) is 16.1 Å². The Hall–Kier alpha value is -2.80. The number of halogens is 4. The van der Waals surface area contributed by atoms with E-state index in [1.54, 1.807) is 28.8 Å². The molecule has 0 saturated heterocycles. The number of aryl methyl sites for hydroxylation is 1. The number of nitrogens with one attached hydrogen (secondary N) is 1. The molecule has 0 fully saturated rings. The highest BCUT2D eigenvalue weighted by molar-refractivity contribution is 6.31. The Bertz CT molecular complexity index is 1090. The molecular weight excluding hydrogens is 381 g/mol. The third-order valence-corrected chi connectivity index (χ3v) is 4.43. The van der Waals surface area contributed by atoms with Gasteiger partial charge in [-0.25, -0.2) is 0 Å². The normalized spacial score (nSPS) is 11.6. The summed E-state index contributed by atoms with van der Waals surface area (Å²) in [4.78, 5) is 25.2. The monoisotopic (exact) mass is 394 g/mol. The van der Waals surface area contributed by atoms with E-state index in [1.807, 2.05) is 6.92 Å². The van der Waals surface area contributed by atoms with Gasteiger partial charge >= 0.3 is 6.18 Å². The number of hydrogen-bond acceptors (Lipinski definition) is 2. The van der Waals surface area contributed by atoms with Crippen LogP contribution in [0.3, 0.4) is 0 Å². The highest BCUT2D eigenvalue weighted by Gasteiger charge is 2.33. The fourth-order valence-electron chi connectivity index (χ4n) is 2.79. The number of hydrogen-bond donors (Lipinski definition) is 1. The lowest BCUT2D eigenvalue weighted by Gasteiger charge is -2.13. The first-order valence-corrected chi connectivity index (χ1v) is 8.40. The van der Waals surface area contributed by atoms with E-state index in [0.717, 1.165) is 12.1 Å². The van der Waals surface area contributed by atoms with Crippen molar-refractivity contribution in [3.63, 3.8) is 0 Å². The van der Waals surface area contributed by atoms with Gasteiger partial charge in [0.1, 0.15) is 5.56 Å². The van der Waals surface area contributed by atoms with Crippen LogP contribution < -0.4 is 10.7 Å². The fraction of sp³-hybridized carbons (Fsp3) is 0.158. The second-order valence-electron chi connectivity index (χ2n) is 5.82. The molecule has 140 valence electrons. The molecule has 1 aromatic heterocycles. The summed E-state index contributed by atoms with van der Waals surface area (Å²) in [6.07, 6.45) is -3.25. The second-order valence-corrected chi connectivity index (χ2v) is 6.23. The van der Waals surface area contributed by atoms with Gasteiger partial charge in [0.25, 0.3) is 5.91 Å². The highest BCUT2D eigenvalue weighted by atomic mass is 35.5. The summed E-state index contributed by atoms with van der Waals surface area (Å²) in [7, 11) is 0. The third-order valence-electron chi connectivity index (χ3n) is 4.10. The first-order chi connectivity index (χ1) is 12.7. The van der Waals surface area contributed by atoms with Crippen molar-refractivity contribution in [1.29, 1.82) is 0 Å². The van der Waals surface area contributed by atoms with Crippen LogP contribution in [0.25, 0.3) is 10.9 Å². The number of fused-ring (bicyclic) bond motifs is 1. The molecule has 1 amide bonds. The Morgan fingerprint density at radius 3 is 2.56 bits per heavy atom. The van der Waals surface area contributed by atoms with E-state index in [2.05, 4.69) is 5.32 Å². The van der Waals surface area contributed by atoms with Crippen LogP contribution >= 0.6 is 11.6 Å². The Morgan fingerprint density at radius 1 is 1.19 bits per heavy atom. The van der Waals surface area contributed by atoms with Crippen molar-refractivity contribution in [3.8, 4) is 0 Å². The molecule has 0 aliphatic heterocycles. The minimum atomic E-state index is -4.66. The Labute approximate surface area is 157 Å². The highest BCUT2D eigenvalue weighted by Crippen LogP contribution is 2.36. The van der Waals surface area contributed by atoms with Crippen LogP contribution in [-0.4, -0.2) is 10.5 Å². The van der Waals surface area contributed by atoms with Crippen LogP contribution in [0, 0.1) is 0 Å². The van der Waals surface area contributed by atoms with Crippen LogP contribution in [0.15, 0.2) is 53.5 Å². The van der Waals surface area contributed by atoms with E-state index in [-0.39, 0.29) is 11.3 Å². The molecule has 0 aliphatic carbocycles. The number of rotatable bonds is 3. The van der Waals surface area contributed by atoms with Crippen molar-refractivity contribution in [2.75, 3.05) is 5.32 Å². The number of alkyl halides is 3. The molecule has 8 heteroatoms. The van der Waals surface area contributed by atoms with Gasteiger partial charge < -0.3 is 9.88 Å². The molecule has 3 rings (SSSR count). The van der Waals surface area contributed by atoms with E-state index < -0.39 is 28.1 Å². The SMILES string of the molecule is CCn1cc(C(=O)Nc2ccc(Cl)c(C(F)(F)F)c2)c(=O)c2ccccc21. The quantitative estimate of drug-likeness (QED) is 0.683. The van der Waals surface area contributed by atoms with Gasteiger partial charge in [-0.05, 0) is 37.3 Å². The average Bonchev–Trinajstić information content (AvgIpc) is 2.63. The van der Waals surface area contributed by atoms with E-state index in [0.29, 0.717) is 17.4 Å². The smallest absolute Gasteiger partial charge is 0.347 e. The fourth-order valence-corrected chi connectivity index (χ4v) is 3.01. The topological polar surface area (TPSA) is 51.1 Å². The zero-order valence-corrected chi connectivity index (χ0v) is 14.9. The zero-order valence-electron chi connectivity index (χ0n) is 14.1. The average molecular weight is 395 g/mol. The van der Waals surface area contributed by atoms with Gasteiger partial charge in [-0.1, -0.05) is 23.7 Å². The lowest BCUT2D eigenvalue weighted by Crippen LogP contribution is -2.24. The predicted octanol–water partition coefficient (Wildman–Crippen LogP) is 4.95. The molecule has 4 nitrogen and oxygen atoms in total. The van der Waals surface area contributed by atoms with Gasteiger partial charge in [-0.3, -0.25) is 9.59 Å². The van der Waals surface area contributed by atoms with Gasteiger partial charge in [-0.15, -0.1) is 0 Å². The molecule has 2 aromatic carbocycles. The van der Waals surface area contributed by atoms with E-state index in [4.69, 9.17) is 11.6 Å². The summed E-state index contributed by atoms with van der Waals surface area (Å²) in [6.45, 7) is 2.37. The van der Waals surface area contributed by atoms with E-state index in [9.17, 15) is 22.8 Å². The molecule has 0 atom stereocenters. The summed E-state index contributed by atoms with van der Waals surface area (Å²) in [5, 5.41) is 2.23. The first-order valence-electron chi connectivity index (χ1n) is 8.02. The van der Waals surface area contributed by atoms with Crippen LogP contribution in [0.2, 0.25) is 5.02 Å². The van der Waals surface area contributed by atoms with Crippen LogP contribution in [0.4, 0.5) is 18.9 Å². The van der Waals surface area contributed by atoms with Crippen molar-refractivity contribution in [1.82, 2.24) is 4.57 Å². The maximum absolute atomic E-state index is 13.0. The van der Waals surface area contributed by atoms with Gasteiger partial charge in [-0.2, -0.15) is 13.2 Å². The molecule has 1 heterocycles. The summed E-state index contributed by atoms with van der Waals surface area (Å²) in [6, 6.07) is 9.85. The number of anilines is 1. The number of nitrogens with zero attached hydrogens (tertiary/aromatic N) is 1. The van der Waals surface area contributed by atoms with Crippen molar-refractivity contribution >= 4 is 34.1 Å². The standard InChI is InChI=1S/C19H14ClF3N2O2/c1-2-25-10-13(17(26)12-5-3-4-6-16(12)25)18(27)24-11-7-8-15(20)14(9-11)19(21,22)23/h3-10H,2H2,1H3,(H,24,27). The minimum absolute atomic E-state index is 0.104. The molecule has 0 aliphatic rings. The molecule has 0 radical (unpaired) electrons. The van der Waals surface area contributed by atoms with Crippen molar-refractivity contribution in [2.24, 2.45) is 0 Å². The number of aromatic nitrogens is 1. The maximum atomic E-state index is 13.0. The van der Waals surface area contributed by atoms with E-state index >= 15 is 0 Å². The number of para-hydroxylation sites is 1. The molecule has 0 spiro atoms. The maximum Gasteiger partial charge on any atom is 0.417 e. The zero-order chi connectivity index (χ0) is 19.8. The summed E-state index contributed by atoms with van der Waals surface area (Å²) < 4.78 is 40.7. The molecule has 3 aromatic rings. The van der Waals surface area contributed by atoms with Gasteiger partial charge in [0, 0.05) is 23.8 Å². The van der Waals surface area contributed by atoms with Crippen LogP contribution in [0.1, 0.15) is 22.8 Å². The largest absolute Gasteiger partial charge is 0.417 e. The first kappa shape index (κ1) is 19.0. The van der Waals surface area contributed by atoms with Gasteiger partial charge in [0.15, 0.2) is 0 Å². The number of carbonyl (C=O) groups excluding carboxylic acids is 1. The van der Waals surface area contributed by atoms with Crippen LogP contribution in [0.5, 0.6) is 0 Å². The van der Waals surface area contributed by atoms with E-state index in [1.165, 1.54) is 12.3 Å². The molecule has 0 saturated carbocycles. The molecule has 0 bridgehead atoms. The van der Waals surface area contributed by atoms with Crippen molar-refractivity contribution in [3.05, 3.63) is 75.0 Å². The third kappa shape index (κ3) is 3.68. The number of amides is 1. The molecule has 1 N–H and O–H groups in total. The molecule has 0 unspecified atom stereocenters. The molecule has 27 heavy (non-hydrogen) atoms. The Morgan fingerprint density at radius 2 is 1.89 bits per heavy atom. The minimum Gasteiger partial charge on any atom is -0.347 e.